The minimum Gasteiger partial charge on any atom is -0.451 e. The SMILES string of the molecule is Cc1csc(CCCCNC(=O)c2ccc(-c3ccccc3Cl)o2)n1. The van der Waals surface area contributed by atoms with E-state index in [9.17, 15) is 4.79 Å². The second-order valence-electron chi connectivity index (χ2n) is 5.74. The van der Waals surface area contributed by atoms with E-state index in [-0.39, 0.29) is 5.91 Å². The van der Waals surface area contributed by atoms with Crippen molar-refractivity contribution in [2.75, 3.05) is 6.54 Å². The van der Waals surface area contributed by atoms with Gasteiger partial charge in [0.05, 0.1) is 10.0 Å². The van der Waals surface area contributed by atoms with E-state index in [1.165, 1.54) is 0 Å². The quantitative estimate of drug-likeness (QED) is 0.584. The van der Waals surface area contributed by atoms with Crippen LogP contribution in [0.5, 0.6) is 0 Å². The first kappa shape index (κ1) is 17.7. The monoisotopic (exact) mass is 374 g/mol. The van der Waals surface area contributed by atoms with Crippen LogP contribution in [0.3, 0.4) is 0 Å². The molecule has 130 valence electrons. The van der Waals surface area contributed by atoms with E-state index in [2.05, 4.69) is 15.7 Å². The third kappa shape index (κ3) is 4.71. The Labute approximate surface area is 155 Å². The minimum absolute atomic E-state index is 0.205. The summed E-state index contributed by atoms with van der Waals surface area (Å²) < 4.78 is 5.64. The Morgan fingerprint density at radius 2 is 2.08 bits per heavy atom. The van der Waals surface area contributed by atoms with Gasteiger partial charge in [-0.2, -0.15) is 0 Å². The number of amides is 1. The predicted octanol–water partition coefficient (Wildman–Crippen LogP) is 5.12. The predicted molar refractivity (Wildman–Crippen MR) is 101 cm³/mol. The summed E-state index contributed by atoms with van der Waals surface area (Å²) in [5, 5.41) is 6.70. The van der Waals surface area contributed by atoms with Gasteiger partial charge < -0.3 is 9.73 Å². The second kappa shape index (κ2) is 8.32. The van der Waals surface area contributed by atoms with E-state index in [4.69, 9.17) is 16.0 Å². The van der Waals surface area contributed by atoms with Gasteiger partial charge in [0.1, 0.15) is 5.76 Å². The lowest BCUT2D eigenvalue weighted by Crippen LogP contribution is -2.23. The van der Waals surface area contributed by atoms with Gasteiger partial charge in [-0.3, -0.25) is 4.79 Å². The van der Waals surface area contributed by atoms with Crippen LogP contribution < -0.4 is 5.32 Å². The number of unbranched alkanes of at least 4 members (excludes halogenated alkanes) is 1. The van der Waals surface area contributed by atoms with Gasteiger partial charge in [-0.05, 0) is 50.5 Å². The number of carbonyl (C=O) groups excluding carboxylic acids is 1. The number of carbonyl (C=O) groups is 1. The molecule has 0 saturated carbocycles. The summed E-state index contributed by atoms with van der Waals surface area (Å²) in [6.07, 6.45) is 2.85. The van der Waals surface area contributed by atoms with Crippen LogP contribution >= 0.6 is 22.9 Å². The summed E-state index contributed by atoms with van der Waals surface area (Å²) in [7, 11) is 0. The second-order valence-corrected chi connectivity index (χ2v) is 7.09. The average molecular weight is 375 g/mol. The van der Waals surface area contributed by atoms with Crippen LogP contribution in [0, 0.1) is 6.92 Å². The van der Waals surface area contributed by atoms with Gasteiger partial charge in [0.2, 0.25) is 0 Å². The summed E-state index contributed by atoms with van der Waals surface area (Å²) >= 11 is 7.84. The number of halogens is 1. The Kier molecular flexibility index (Phi) is 5.89. The van der Waals surface area contributed by atoms with E-state index < -0.39 is 0 Å². The molecule has 25 heavy (non-hydrogen) atoms. The van der Waals surface area contributed by atoms with Crippen molar-refractivity contribution in [1.82, 2.24) is 10.3 Å². The summed E-state index contributed by atoms with van der Waals surface area (Å²) in [4.78, 5) is 16.6. The maximum absolute atomic E-state index is 12.2. The normalized spacial score (nSPS) is 10.8. The smallest absolute Gasteiger partial charge is 0.287 e. The number of rotatable bonds is 7. The molecule has 1 amide bonds. The number of hydrogen-bond donors (Lipinski definition) is 1. The molecule has 3 rings (SSSR count). The first-order valence-corrected chi connectivity index (χ1v) is 9.43. The highest BCUT2D eigenvalue weighted by atomic mass is 35.5. The molecule has 4 nitrogen and oxygen atoms in total. The zero-order valence-electron chi connectivity index (χ0n) is 13.9. The van der Waals surface area contributed by atoms with E-state index in [0.29, 0.717) is 23.1 Å². The third-order valence-corrected chi connectivity index (χ3v) is 5.09. The van der Waals surface area contributed by atoms with Gasteiger partial charge in [0.25, 0.3) is 5.91 Å². The average Bonchev–Trinajstić information content (AvgIpc) is 3.24. The highest BCUT2D eigenvalue weighted by Gasteiger charge is 2.13. The number of aromatic nitrogens is 1. The van der Waals surface area contributed by atoms with Crippen LogP contribution in [0.25, 0.3) is 11.3 Å². The van der Waals surface area contributed by atoms with Crippen LogP contribution in [-0.2, 0) is 6.42 Å². The van der Waals surface area contributed by atoms with Crippen molar-refractivity contribution in [3.05, 3.63) is 63.3 Å². The first-order chi connectivity index (χ1) is 12.1. The minimum atomic E-state index is -0.205. The molecule has 0 saturated heterocycles. The number of thiazole rings is 1. The van der Waals surface area contributed by atoms with Crippen LogP contribution in [0.15, 0.2) is 46.2 Å². The molecule has 0 fully saturated rings. The van der Waals surface area contributed by atoms with E-state index >= 15 is 0 Å². The lowest BCUT2D eigenvalue weighted by molar-refractivity contribution is 0.0926. The van der Waals surface area contributed by atoms with E-state index in [1.807, 2.05) is 25.1 Å². The summed E-state index contributed by atoms with van der Waals surface area (Å²) in [5.41, 5.74) is 1.85. The number of aryl methyl sites for hydroxylation is 2. The fraction of sp³-hybridized carbons (Fsp3) is 0.263. The molecule has 0 radical (unpaired) electrons. The fourth-order valence-corrected chi connectivity index (χ4v) is 3.52. The molecule has 2 aromatic heterocycles. The lowest BCUT2D eigenvalue weighted by atomic mass is 10.2. The standard InChI is InChI=1S/C19H19ClN2O2S/c1-13-12-25-18(22-13)8-4-5-11-21-19(23)17-10-9-16(24-17)14-6-2-3-7-15(14)20/h2-3,6-7,9-10,12H,4-5,8,11H2,1H3,(H,21,23). The molecule has 0 bridgehead atoms. The van der Waals surface area contributed by atoms with Crippen molar-refractivity contribution >= 4 is 28.8 Å². The van der Waals surface area contributed by atoms with Crippen LogP contribution in [0.2, 0.25) is 5.02 Å². The molecule has 2 heterocycles. The molecular weight excluding hydrogens is 356 g/mol. The van der Waals surface area contributed by atoms with Gasteiger partial charge in [0.15, 0.2) is 5.76 Å². The van der Waals surface area contributed by atoms with Crippen LogP contribution in [0.4, 0.5) is 0 Å². The van der Waals surface area contributed by atoms with Crippen LogP contribution in [-0.4, -0.2) is 17.4 Å². The van der Waals surface area contributed by atoms with Crippen molar-refractivity contribution < 1.29 is 9.21 Å². The molecule has 1 N–H and O–H groups in total. The highest BCUT2D eigenvalue weighted by molar-refractivity contribution is 7.09. The molecule has 0 atom stereocenters. The van der Waals surface area contributed by atoms with Gasteiger partial charge in [-0.15, -0.1) is 11.3 Å². The Bertz CT molecular complexity index is 856. The molecule has 0 spiro atoms. The number of benzene rings is 1. The van der Waals surface area contributed by atoms with Gasteiger partial charge in [-0.1, -0.05) is 23.7 Å². The topological polar surface area (TPSA) is 55.1 Å². The zero-order valence-corrected chi connectivity index (χ0v) is 15.5. The highest BCUT2D eigenvalue weighted by Crippen LogP contribution is 2.28. The molecule has 3 aromatic rings. The molecule has 0 aliphatic heterocycles. The lowest BCUT2D eigenvalue weighted by Gasteiger charge is -2.03. The fourth-order valence-electron chi connectivity index (χ4n) is 2.47. The number of hydrogen-bond acceptors (Lipinski definition) is 4. The maximum atomic E-state index is 12.2. The van der Waals surface area contributed by atoms with Crippen molar-refractivity contribution in [3.8, 4) is 11.3 Å². The Hall–Kier alpha value is -2.11. The molecule has 6 heteroatoms. The molecule has 0 aliphatic rings. The maximum Gasteiger partial charge on any atom is 0.287 e. The van der Waals surface area contributed by atoms with Crippen LogP contribution in [0.1, 0.15) is 34.1 Å². The molecule has 1 aromatic carbocycles. The summed E-state index contributed by atoms with van der Waals surface area (Å²) in [5.74, 6) is 0.684. The molecule has 0 unspecified atom stereocenters. The van der Waals surface area contributed by atoms with Crippen molar-refractivity contribution in [3.63, 3.8) is 0 Å². The van der Waals surface area contributed by atoms with Crippen molar-refractivity contribution in [2.45, 2.75) is 26.2 Å². The molecule has 0 aliphatic carbocycles. The summed E-state index contributed by atoms with van der Waals surface area (Å²) in [6.45, 7) is 2.62. The number of nitrogens with one attached hydrogen (secondary N) is 1. The third-order valence-electron chi connectivity index (χ3n) is 3.74. The van der Waals surface area contributed by atoms with E-state index in [0.717, 1.165) is 35.5 Å². The van der Waals surface area contributed by atoms with Gasteiger partial charge in [-0.25, -0.2) is 4.98 Å². The van der Waals surface area contributed by atoms with Gasteiger partial charge in [0, 0.05) is 23.2 Å². The Morgan fingerprint density at radius 3 is 2.84 bits per heavy atom. The summed E-state index contributed by atoms with van der Waals surface area (Å²) in [6, 6.07) is 10.8. The Balaban J connectivity index is 1.46. The Morgan fingerprint density at radius 1 is 1.24 bits per heavy atom. The number of furan rings is 1. The zero-order chi connectivity index (χ0) is 17.6. The number of nitrogens with zero attached hydrogens (tertiary/aromatic N) is 1. The van der Waals surface area contributed by atoms with Crippen molar-refractivity contribution in [2.24, 2.45) is 0 Å². The molecular formula is C19H19ClN2O2S. The van der Waals surface area contributed by atoms with Gasteiger partial charge >= 0.3 is 0 Å². The largest absolute Gasteiger partial charge is 0.451 e. The van der Waals surface area contributed by atoms with Crippen molar-refractivity contribution in [1.29, 1.82) is 0 Å². The van der Waals surface area contributed by atoms with E-state index in [1.54, 1.807) is 29.5 Å². The first-order valence-electron chi connectivity index (χ1n) is 8.17.